The molecule has 0 aromatic heterocycles. The number of nitrogens with zero attached hydrogens (tertiary/aromatic N) is 1. The van der Waals surface area contributed by atoms with Crippen molar-refractivity contribution >= 4 is 0 Å². The monoisotopic (exact) mass is 249 g/mol. The highest BCUT2D eigenvalue weighted by molar-refractivity contribution is 5.10. The molecule has 0 saturated carbocycles. The summed E-state index contributed by atoms with van der Waals surface area (Å²) in [7, 11) is 2.08. The van der Waals surface area contributed by atoms with Gasteiger partial charge in [0.2, 0.25) is 0 Å². The van der Waals surface area contributed by atoms with Gasteiger partial charge in [-0.25, -0.2) is 0 Å². The Bertz CT molecular complexity index is 314. The summed E-state index contributed by atoms with van der Waals surface area (Å²) in [6.07, 6.45) is 3.53. The lowest BCUT2D eigenvalue weighted by molar-refractivity contribution is 0.353. The van der Waals surface area contributed by atoms with E-state index < -0.39 is 0 Å². The first kappa shape index (κ1) is 17.1. The lowest BCUT2D eigenvalue weighted by atomic mass is 9.89. The maximum Gasteiger partial charge on any atom is 0.0788 e. The lowest BCUT2D eigenvalue weighted by Gasteiger charge is -2.22. The summed E-state index contributed by atoms with van der Waals surface area (Å²) < 4.78 is 0. The maximum absolute atomic E-state index is 4.15. The van der Waals surface area contributed by atoms with Crippen LogP contribution in [0.2, 0.25) is 0 Å². The van der Waals surface area contributed by atoms with Gasteiger partial charge in [-0.1, -0.05) is 39.2 Å². The van der Waals surface area contributed by atoms with Crippen molar-refractivity contribution in [3.05, 3.63) is 12.3 Å². The van der Waals surface area contributed by atoms with E-state index in [1.807, 2.05) is 0 Å². The molecule has 0 amide bonds. The van der Waals surface area contributed by atoms with E-state index in [9.17, 15) is 0 Å². The van der Waals surface area contributed by atoms with Gasteiger partial charge >= 0.3 is 0 Å². The van der Waals surface area contributed by atoms with Crippen LogP contribution in [0.15, 0.2) is 12.3 Å². The predicted molar refractivity (Wildman–Crippen MR) is 82.3 cm³/mol. The number of hydrogen-bond donors (Lipinski definition) is 0. The summed E-state index contributed by atoms with van der Waals surface area (Å²) in [6, 6.07) is 0. The second kappa shape index (κ2) is 6.88. The third kappa shape index (κ3) is 10.3. The largest absolute Gasteiger partial charge is 0.367 e. The smallest absolute Gasteiger partial charge is 0.0788 e. The first-order valence-corrected chi connectivity index (χ1v) is 6.90. The van der Waals surface area contributed by atoms with Crippen LogP contribution in [0, 0.1) is 22.7 Å². The number of allylic oxidation sites excluding steroid dienone is 1. The quantitative estimate of drug-likeness (QED) is 0.638. The van der Waals surface area contributed by atoms with Crippen LogP contribution in [0.1, 0.15) is 60.8 Å². The van der Waals surface area contributed by atoms with E-state index in [1.165, 1.54) is 18.5 Å². The molecular weight excluding hydrogens is 218 g/mol. The Hall–Kier alpha value is -0.900. The molecule has 0 radical (unpaired) electrons. The molecule has 0 aliphatic rings. The van der Waals surface area contributed by atoms with Crippen LogP contribution in [0.3, 0.4) is 0 Å². The van der Waals surface area contributed by atoms with Gasteiger partial charge in [-0.2, -0.15) is 0 Å². The Balaban J connectivity index is 4.00. The normalized spacial score (nSPS) is 11.7. The van der Waals surface area contributed by atoms with Gasteiger partial charge < -0.3 is 4.90 Å². The molecule has 18 heavy (non-hydrogen) atoms. The molecule has 0 saturated heterocycles. The number of hydrogen-bond acceptors (Lipinski definition) is 1. The van der Waals surface area contributed by atoms with Gasteiger partial charge in [0.15, 0.2) is 0 Å². The van der Waals surface area contributed by atoms with E-state index in [0.29, 0.717) is 5.41 Å². The van der Waals surface area contributed by atoms with E-state index in [2.05, 4.69) is 71.9 Å². The average molecular weight is 249 g/mol. The van der Waals surface area contributed by atoms with E-state index in [-0.39, 0.29) is 5.41 Å². The fourth-order valence-electron chi connectivity index (χ4n) is 1.55. The van der Waals surface area contributed by atoms with Crippen LogP contribution in [-0.2, 0) is 0 Å². The second-order valence-electron chi connectivity index (χ2n) is 7.39. The lowest BCUT2D eigenvalue weighted by Crippen LogP contribution is -2.18. The second-order valence-corrected chi connectivity index (χ2v) is 7.39. The summed E-state index contributed by atoms with van der Waals surface area (Å²) in [5.41, 5.74) is 1.71. The van der Waals surface area contributed by atoms with Gasteiger partial charge in [0.05, 0.1) is 6.54 Å². The Kier molecular flexibility index (Phi) is 6.54. The summed E-state index contributed by atoms with van der Waals surface area (Å²) in [4.78, 5) is 2.17. The molecule has 0 aliphatic heterocycles. The van der Waals surface area contributed by atoms with Crippen LogP contribution >= 0.6 is 0 Å². The molecule has 0 atom stereocenters. The van der Waals surface area contributed by atoms with Crippen LogP contribution in [0.4, 0.5) is 0 Å². The topological polar surface area (TPSA) is 3.24 Å². The maximum atomic E-state index is 4.15. The van der Waals surface area contributed by atoms with Crippen molar-refractivity contribution in [1.82, 2.24) is 4.90 Å². The Morgan fingerprint density at radius 2 is 1.67 bits per heavy atom. The van der Waals surface area contributed by atoms with E-state index in [1.54, 1.807) is 0 Å². The highest BCUT2D eigenvalue weighted by atomic mass is 15.1. The minimum atomic E-state index is 0.0917. The first-order chi connectivity index (χ1) is 8.01. The molecule has 0 rings (SSSR count). The van der Waals surface area contributed by atoms with Crippen molar-refractivity contribution in [2.24, 2.45) is 10.8 Å². The molecule has 0 fully saturated rings. The summed E-state index contributed by atoms with van der Waals surface area (Å²) in [6.45, 7) is 18.2. The molecule has 0 unspecified atom stereocenters. The van der Waals surface area contributed by atoms with Crippen molar-refractivity contribution in [3.63, 3.8) is 0 Å². The van der Waals surface area contributed by atoms with Crippen molar-refractivity contribution in [2.75, 3.05) is 13.6 Å². The first-order valence-electron chi connectivity index (χ1n) is 6.90. The number of rotatable bonds is 5. The molecular formula is C17H31N. The summed E-state index contributed by atoms with van der Waals surface area (Å²) >= 11 is 0. The predicted octanol–water partition coefficient (Wildman–Crippen LogP) is 4.70. The van der Waals surface area contributed by atoms with Gasteiger partial charge in [0.25, 0.3) is 0 Å². The molecule has 1 heteroatoms. The molecule has 104 valence electrons. The molecule has 0 aliphatic carbocycles. The van der Waals surface area contributed by atoms with Crippen molar-refractivity contribution in [2.45, 2.75) is 60.8 Å². The van der Waals surface area contributed by atoms with Crippen LogP contribution in [-0.4, -0.2) is 18.5 Å². The minimum absolute atomic E-state index is 0.0917. The van der Waals surface area contributed by atoms with Crippen LogP contribution in [0.5, 0.6) is 0 Å². The van der Waals surface area contributed by atoms with Crippen molar-refractivity contribution in [1.29, 1.82) is 0 Å². The fraction of sp³-hybridized carbons (Fsp3) is 0.765. The zero-order valence-electron chi connectivity index (χ0n) is 13.5. The van der Waals surface area contributed by atoms with Gasteiger partial charge in [0, 0.05) is 18.2 Å². The van der Waals surface area contributed by atoms with Gasteiger partial charge in [-0.05, 0) is 45.4 Å². The molecule has 0 heterocycles. The Morgan fingerprint density at radius 1 is 1.11 bits per heavy atom. The van der Waals surface area contributed by atoms with Gasteiger partial charge in [-0.15, -0.1) is 0 Å². The van der Waals surface area contributed by atoms with E-state index in [0.717, 1.165) is 13.0 Å². The average Bonchev–Trinajstić information content (AvgIpc) is 2.13. The van der Waals surface area contributed by atoms with Gasteiger partial charge in [-0.3, -0.25) is 0 Å². The van der Waals surface area contributed by atoms with Gasteiger partial charge in [0.1, 0.15) is 0 Å². The van der Waals surface area contributed by atoms with E-state index >= 15 is 0 Å². The van der Waals surface area contributed by atoms with Crippen molar-refractivity contribution < 1.29 is 0 Å². The molecule has 1 nitrogen and oxygen atoms in total. The third-order valence-electron chi connectivity index (χ3n) is 2.71. The van der Waals surface area contributed by atoms with Crippen LogP contribution < -0.4 is 0 Å². The minimum Gasteiger partial charge on any atom is -0.367 e. The molecule has 0 bridgehead atoms. The third-order valence-corrected chi connectivity index (χ3v) is 2.71. The Morgan fingerprint density at radius 3 is 2.11 bits per heavy atom. The highest BCUT2D eigenvalue weighted by Crippen LogP contribution is 2.23. The fourth-order valence-corrected chi connectivity index (χ4v) is 1.55. The van der Waals surface area contributed by atoms with Crippen LogP contribution in [0.25, 0.3) is 0 Å². The molecule has 0 spiro atoms. The summed E-state index contributed by atoms with van der Waals surface area (Å²) in [5.74, 6) is 6.48. The SMILES string of the molecule is C=C(CCCC(C)(C)C)N(C)CC#CC(C)(C)C. The Labute approximate surface area is 115 Å². The van der Waals surface area contributed by atoms with Crippen molar-refractivity contribution in [3.8, 4) is 11.8 Å². The molecule has 0 aromatic rings. The standard InChI is InChI=1S/C17H31N/c1-15(11-9-12-16(2,3)4)18(8)14-10-13-17(5,6)7/h1,9,11-12,14H2,2-8H3. The zero-order valence-corrected chi connectivity index (χ0v) is 13.5. The molecule has 0 aromatic carbocycles. The highest BCUT2D eigenvalue weighted by Gasteiger charge is 2.10. The van der Waals surface area contributed by atoms with E-state index in [4.69, 9.17) is 0 Å². The zero-order chi connectivity index (χ0) is 14.4. The molecule has 0 N–H and O–H groups in total. The summed E-state index contributed by atoms with van der Waals surface area (Å²) in [5, 5.41) is 0.